The molecule has 1 aliphatic heterocycles. The van der Waals surface area contributed by atoms with Crippen LogP contribution in [0.25, 0.3) is 0 Å². The zero-order chi connectivity index (χ0) is 9.26. The lowest BCUT2D eigenvalue weighted by Gasteiger charge is -2.12. The molecular formula is C7H11N5O. The number of nitrogens with two attached hydrogens (primary N) is 1. The molecule has 13 heavy (non-hydrogen) atoms. The summed E-state index contributed by atoms with van der Waals surface area (Å²) in [4.78, 5) is 13.3. The fourth-order valence-corrected chi connectivity index (χ4v) is 1.44. The molecule has 0 aliphatic carbocycles. The van der Waals surface area contributed by atoms with Gasteiger partial charge in [0.2, 0.25) is 0 Å². The van der Waals surface area contributed by atoms with Gasteiger partial charge in [0.1, 0.15) is 0 Å². The molecule has 0 spiro atoms. The summed E-state index contributed by atoms with van der Waals surface area (Å²) >= 11 is 0. The van der Waals surface area contributed by atoms with Crippen molar-refractivity contribution in [2.45, 2.75) is 12.5 Å². The van der Waals surface area contributed by atoms with Crippen LogP contribution in [-0.2, 0) is 0 Å². The first-order valence-electron chi connectivity index (χ1n) is 4.18. The summed E-state index contributed by atoms with van der Waals surface area (Å²) in [7, 11) is 0. The number of hydrogen-bond acceptors (Lipinski definition) is 4. The first kappa shape index (κ1) is 8.18. The van der Waals surface area contributed by atoms with Crippen molar-refractivity contribution >= 4 is 5.91 Å². The van der Waals surface area contributed by atoms with Gasteiger partial charge in [0.15, 0.2) is 5.69 Å². The van der Waals surface area contributed by atoms with Crippen molar-refractivity contribution in [2.24, 2.45) is 5.73 Å². The van der Waals surface area contributed by atoms with Crippen molar-refractivity contribution in [2.75, 3.05) is 13.1 Å². The van der Waals surface area contributed by atoms with Gasteiger partial charge in [-0.15, -0.1) is 0 Å². The minimum atomic E-state index is -0.0956. The Kier molecular flexibility index (Phi) is 1.97. The number of carbonyl (C=O) groups excluding carboxylic acids is 1. The van der Waals surface area contributed by atoms with Gasteiger partial charge in [-0.1, -0.05) is 0 Å². The number of amides is 1. The van der Waals surface area contributed by atoms with E-state index in [-0.39, 0.29) is 11.9 Å². The molecule has 2 rings (SSSR count). The molecule has 6 nitrogen and oxygen atoms in total. The van der Waals surface area contributed by atoms with Gasteiger partial charge < -0.3 is 10.6 Å². The lowest BCUT2D eigenvalue weighted by Crippen LogP contribution is -2.32. The second-order valence-electron chi connectivity index (χ2n) is 3.16. The van der Waals surface area contributed by atoms with Crippen LogP contribution in [0.1, 0.15) is 16.9 Å². The highest BCUT2D eigenvalue weighted by molar-refractivity contribution is 5.92. The SMILES string of the molecule is N[C@@H]1CCN(C(=O)c2cn[nH]n2)C1. The van der Waals surface area contributed by atoms with E-state index in [9.17, 15) is 4.79 Å². The van der Waals surface area contributed by atoms with Gasteiger partial charge in [-0.3, -0.25) is 4.79 Å². The molecule has 6 heteroatoms. The Balaban J connectivity index is 2.06. The Bertz CT molecular complexity index is 296. The Morgan fingerprint density at radius 1 is 1.77 bits per heavy atom. The monoisotopic (exact) mass is 181 g/mol. The predicted octanol–water partition coefficient (Wildman–Crippen LogP) is -1.02. The topological polar surface area (TPSA) is 87.9 Å². The van der Waals surface area contributed by atoms with E-state index in [0.29, 0.717) is 18.8 Å². The van der Waals surface area contributed by atoms with Crippen molar-refractivity contribution < 1.29 is 4.79 Å². The van der Waals surface area contributed by atoms with Crippen LogP contribution in [0.15, 0.2) is 6.20 Å². The van der Waals surface area contributed by atoms with Crippen LogP contribution in [0.5, 0.6) is 0 Å². The lowest BCUT2D eigenvalue weighted by atomic mass is 10.3. The predicted molar refractivity (Wildman–Crippen MR) is 44.9 cm³/mol. The highest BCUT2D eigenvalue weighted by Crippen LogP contribution is 2.09. The van der Waals surface area contributed by atoms with Gasteiger partial charge >= 0.3 is 0 Å². The molecule has 1 aromatic rings. The lowest BCUT2D eigenvalue weighted by molar-refractivity contribution is 0.0785. The van der Waals surface area contributed by atoms with Crippen molar-refractivity contribution in [3.63, 3.8) is 0 Å². The first-order chi connectivity index (χ1) is 6.27. The number of nitrogens with one attached hydrogen (secondary N) is 1. The number of likely N-dealkylation sites (tertiary alicyclic amines) is 1. The molecule has 0 unspecified atom stereocenters. The molecule has 1 aromatic heterocycles. The van der Waals surface area contributed by atoms with E-state index in [1.54, 1.807) is 4.90 Å². The van der Waals surface area contributed by atoms with E-state index in [1.165, 1.54) is 6.20 Å². The van der Waals surface area contributed by atoms with Gasteiger partial charge in [-0.25, -0.2) is 0 Å². The maximum atomic E-state index is 11.6. The fourth-order valence-electron chi connectivity index (χ4n) is 1.44. The zero-order valence-corrected chi connectivity index (χ0v) is 7.10. The zero-order valence-electron chi connectivity index (χ0n) is 7.10. The van der Waals surface area contributed by atoms with Gasteiger partial charge in [-0.05, 0) is 6.42 Å². The molecule has 0 bridgehead atoms. The molecule has 1 atom stereocenters. The molecule has 0 aromatic carbocycles. The van der Waals surface area contributed by atoms with E-state index in [4.69, 9.17) is 5.73 Å². The van der Waals surface area contributed by atoms with E-state index < -0.39 is 0 Å². The van der Waals surface area contributed by atoms with Gasteiger partial charge in [0.05, 0.1) is 6.20 Å². The van der Waals surface area contributed by atoms with Gasteiger partial charge in [0.25, 0.3) is 5.91 Å². The number of aromatic nitrogens is 3. The van der Waals surface area contributed by atoms with Crippen LogP contribution in [0.3, 0.4) is 0 Å². The maximum Gasteiger partial charge on any atom is 0.276 e. The van der Waals surface area contributed by atoms with Crippen molar-refractivity contribution in [1.82, 2.24) is 20.3 Å². The van der Waals surface area contributed by atoms with E-state index in [0.717, 1.165) is 6.42 Å². The van der Waals surface area contributed by atoms with Crippen LogP contribution in [0.4, 0.5) is 0 Å². The molecule has 1 fully saturated rings. The van der Waals surface area contributed by atoms with Gasteiger partial charge in [-0.2, -0.15) is 15.4 Å². The van der Waals surface area contributed by atoms with Crippen LogP contribution < -0.4 is 5.73 Å². The normalized spacial score (nSPS) is 22.2. The number of aromatic amines is 1. The van der Waals surface area contributed by atoms with Crippen LogP contribution in [0.2, 0.25) is 0 Å². The summed E-state index contributed by atoms with van der Waals surface area (Å²) in [5.41, 5.74) is 6.03. The first-order valence-corrected chi connectivity index (χ1v) is 4.18. The number of carbonyl (C=O) groups is 1. The average Bonchev–Trinajstić information content (AvgIpc) is 2.72. The third-order valence-electron chi connectivity index (χ3n) is 2.15. The second kappa shape index (κ2) is 3.14. The molecule has 3 N–H and O–H groups in total. The second-order valence-corrected chi connectivity index (χ2v) is 3.16. The minimum absolute atomic E-state index is 0.0956. The Morgan fingerprint density at radius 2 is 2.62 bits per heavy atom. The number of hydrogen-bond donors (Lipinski definition) is 2. The quantitative estimate of drug-likeness (QED) is 0.580. The summed E-state index contributed by atoms with van der Waals surface area (Å²) < 4.78 is 0. The molecule has 1 saturated heterocycles. The minimum Gasteiger partial charge on any atom is -0.336 e. The van der Waals surface area contributed by atoms with E-state index in [1.807, 2.05) is 0 Å². The van der Waals surface area contributed by atoms with Crippen LogP contribution in [-0.4, -0.2) is 45.3 Å². The summed E-state index contributed by atoms with van der Waals surface area (Å²) in [6, 6.07) is 0.107. The van der Waals surface area contributed by atoms with Crippen molar-refractivity contribution in [1.29, 1.82) is 0 Å². The average molecular weight is 181 g/mol. The maximum absolute atomic E-state index is 11.6. The largest absolute Gasteiger partial charge is 0.336 e. The molecule has 0 saturated carbocycles. The molecule has 70 valence electrons. The molecule has 2 heterocycles. The molecule has 0 radical (unpaired) electrons. The Hall–Kier alpha value is -1.43. The molecule has 1 aliphatic rings. The molecular weight excluding hydrogens is 170 g/mol. The van der Waals surface area contributed by atoms with Crippen LogP contribution in [0, 0.1) is 0 Å². The third kappa shape index (κ3) is 1.52. The number of nitrogens with zero attached hydrogens (tertiary/aromatic N) is 3. The number of H-pyrrole nitrogens is 1. The summed E-state index contributed by atoms with van der Waals surface area (Å²) in [5.74, 6) is -0.0956. The van der Waals surface area contributed by atoms with E-state index in [2.05, 4.69) is 15.4 Å². The highest BCUT2D eigenvalue weighted by Gasteiger charge is 2.25. The molecule has 1 amide bonds. The summed E-state index contributed by atoms with van der Waals surface area (Å²) in [5, 5.41) is 9.70. The van der Waals surface area contributed by atoms with Crippen molar-refractivity contribution in [3.05, 3.63) is 11.9 Å². The Labute approximate surface area is 75.1 Å². The van der Waals surface area contributed by atoms with E-state index >= 15 is 0 Å². The third-order valence-corrected chi connectivity index (χ3v) is 2.15. The smallest absolute Gasteiger partial charge is 0.276 e. The van der Waals surface area contributed by atoms with Crippen LogP contribution >= 0.6 is 0 Å². The summed E-state index contributed by atoms with van der Waals surface area (Å²) in [6.07, 6.45) is 2.29. The number of rotatable bonds is 1. The van der Waals surface area contributed by atoms with Crippen molar-refractivity contribution in [3.8, 4) is 0 Å². The standard InChI is InChI=1S/C7H11N5O/c8-5-1-2-12(4-5)7(13)6-3-9-11-10-6/h3,5H,1-2,4,8H2,(H,9,10,11)/t5-/m1/s1. The summed E-state index contributed by atoms with van der Waals surface area (Å²) in [6.45, 7) is 1.33. The van der Waals surface area contributed by atoms with Gasteiger partial charge in [0, 0.05) is 19.1 Å². The highest BCUT2D eigenvalue weighted by atomic mass is 16.2. The Morgan fingerprint density at radius 3 is 3.15 bits per heavy atom. The fraction of sp³-hybridized carbons (Fsp3) is 0.571.